The van der Waals surface area contributed by atoms with Gasteiger partial charge in [-0.3, -0.25) is 4.79 Å². The number of ether oxygens (including phenoxy) is 1. The lowest BCUT2D eigenvalue weighted by atomic mass is 9.97. The monoisotopic (exact) mass is 341 g/mol. The van der Waals surface area contributed by atoms with Crippen molar-refractivity contribution in [3.05, 3.63) is 65.7 Å². The molecule has 0 saturated heterocycles. The van der Waals surface area contributed by atoms with Crippen LogP contribution in [0.5, 0.6) is 5.75 Å². The van der Waals surface area contributed by atoms with Gasteiger partial charge in [0.05, 0.1) is 12.6 Å². The first-order valence-corrected chi connectivity index (χ1v) is 8.40. The van der Waals surface area contributed by atoms with Crippen LogP contribution in [0.2, 0.25) is 0 Å². The summed E-state index contributed by atoms with van der Waals surface area (Å²) < 4.78 is 5.11. The minimum Gasteiger partial charge on any atom is -0.508 e. The van der Waals surface area contributed by atoms with Crippen molar-refractivity contribution in [2.45, 2.75) is 32.2 Å². The second-order valence-electron chi connectivity index (χ2n) is 5.79. The van der Waals surface area contributed by atoms with Crippen molar-refractivity contribution >= 4 is 11.9 Å². The lowest BCUT2D eigenvalue weighted by Crippen LogP contribution is -2.42. The van der Waals surface area contributed by atoms with Gasteiger partial charge in [-0.2, -0.15) is 0 Å². The second-order valence-corrected chi connectivity index (χ2v) is 5.79. The number of rotatable bonds is 8. The first-order valence-electron chi connectivity index (χ1n) is 8.40. The fourth-order valence-corrected chi connectivity index (χ4v) is 2.38. The van der Waals surface area contributed by atoms with Crippen LogP contribution < -0.4 is 5.32 Å². The first-order chi connectivity index (χ1) is 12.1. The van der Waals surface area contributed by atoms with Crippen molar-refractivity contribution in [3.8, 4) is 5.75 Å². The zero-order valence-corrected chi connectivity index (χ0v) is 14.3. The van der Waals surface area contributed by atoms with Crippen LogP contribution in [0.15, 0.2) is 54.6 Å². The molecule has 5 heteroatoms. The summed E-state index contributed by atoms with van der Waals surface area (Å²) in [7, 11) is 0. The SMILES string of the molecule is CCCCOC(=O)N[C@@H](Cc1ccccc1)C(=O)c1ccc(O)cc1. The predicted octanol–water partition coefficient (Wildman–Crippen LogP) is 3.71. The minimum atomic E-state index is -0.735. The van der Waals surface area contributed by atoms with E-state index < -0.39 is 12.1 Å². The Labute approximate surface area is 147 Å². The molecular weight excluding hydrogens is 318 g/mol. The number of alkyl carbamates (subject to hydrolysis) is 1. The predicted molar refractivity (Wildman–Crippen MR) is 95.8 cm³/mol. The molecule has 0 aliphatic carbocycles. The zero-order chi connectivity index (χ0) is 18.1. The van der Waals surface area contributed by atoms with E-state index in [0.29, 0.717) is 18.6 Å². The summed E-state index contributed by atoms with van der Waals surface area (Å²) in [4.78, 5) is 24.8. The van der Waals surface area contributed by atoms with E-state index in [0.717, 1.165) is 18.4 Å². The van der Waals surface area contributed by atoms with Gasteiger partial charge in [-0.1, -0.05) is 43.7 Å². The van der Waals surface area contributed by atoms with Crippen molar-refractivity contribution in [2.75, 3.05) is 6.61 Å². The third-order valence-corrected chi connectivity index (χ3v) is 3.77. The summed E-state index contributed by atoms with van der Waals surface area (Å²) in [6.45, 7) is 2.33. The van der Waals surface area contributed by atoms with Gasteiger partial charge in [0.1, 0.15) is 5.75 Å². The Morgan fingerprint density at radius 2 is 1.76 bits per heavy atom. The molecule has 2 aromatic rings. The van der Waals surface area contributed by atoms with E-state index in [4.69, 9.17) is 4.74 Å². The van der Waals surface area contributed by atoms with E-state index in [1.54, 1.807) is 12.1 Å². The smallest absolute Gasteiger partial charge is 0.407 e. The molecule has 0 heterocycles. The third-order valence-electron chi connectivity index (χ3n) is 3.77. The first kappa shape index (κ1) is 18.5. The van der Waals surface area contributed by atoms with Crippen molar-refractivity contribution in [2.24, 2.45) is 0 Å². The number of nitrogens with one attached hydrogen (secondary N) is 1. The van der Waals surface area contributed by atoms with Crippen molar-refractivity contribution < 1.29 is 19.4 Å². The number of benzene rings is 2. The van der Waals surface area contributed by atoms with Crippen molar-refractivity contribution in [1.82, 2.24) is 5.32 Å². The molecular formula is C20H23NO4. The molecule has 1 amide bonds. The summed E-state index contributed by atoms with van der Waals surface area (Å²) in [6.07, 6.45) is 1.47. The molecule has 25 heavy (non-hydrogen) atoms. The Morgan fingerprint density at radius 3 is 2.40 bits per heavy atom. The molecule has 0 aliphatic rings. The lowest BCUT2D eigenvalue weighted by molar-refractivity contribution is 0.0920. The number of aromatic hydroxyl groups is 1. The quantitative estimate of drug-likeness (QED) is 0.567. The van der Waals surface area contributed by atoms with Crippen LogP contribution in [0, 0.1) is 0 Å². The van der Waals surface area contributed by atoms with E-state index in [9.17, 15) is 14.7 Å². The van der Waals surface area contributed by atoms with Gasteiger partial charge in [0.2, 0.25) is 0 Å². The summed E-state index contributed by atoms with van der Waals surface area (Å²) in [6, 6.07) is 14.7. The topological polar surface area (TPSA) is 75.6 Å². The molecule has 0 aliphatic heterocycles. The highest BCUT2D eigenvalue weighted by Gasteiger charge is 2.23. The van der Waals surface area contributed by atoms with Gasteiger partial charge in [0, 0.05) is 12.0 Å². The summed E-state index contributed by atoms with van der Waals surface area (Å²) in [5.74, 6) is -0.139. The highest BCUT2D eigenvalue weighted by molar-refractivity contribution is 6.01. The average Bonchev–Trinajstić information content (AvgIpc) is 2.62. The molecule has 132 valence electrons. The van der Waals surface area contributed by atoms with Gasteiger partial charge in [-0.15, -0.1) is 0 Å². The van der Waals surface area contributed by atoms with Crippen molar-refractivity contribution in [3.63, 3.8) is 0 Å². The normalized spacial score (nSPS) is 11.6. The van der Waals surface area contributed by atoms with Gasteiger partial charge < -0.3 is 15.2 Å². The number of ketones is 1. The zero-order valence-electron chi connectivity index (χ0n) is 14.3. The Morgan fingerprint density at radius 1 is 1.08 bits per heavy atom. The van der Waals surface area contributed by atoms with Gasteiger partial charge in [0.25, 0.3) is 0 Å². The van der Waals surface area contributed by atoms with Crippen LogP contribution in [0.25, 0.3) is 0 Å². The van der Waals surface area contributed by atoms with E-state index in [1.807, 2.05) is 37.3 Å². The number of Topliss-reactive ketones (excluding diaryl/α,β-unsaturated/α-hetero) is 1. The molecule has 2 aromatic carbocycles. The molecule has 2 N–H and O–H groups in total. The Hall–Kier alpha value is -2.82. The minimum absolute atomic E-state index is 0.0862. The number of phenolic OH excluding ortho intramolecular Hbond substituents is 1. The molecule has 0 fully saturated rings. The number of hydrogen-bond donors (Lipinski definition) is 2. The molecule has 5 nitrogen and oxygen atoms in total. The average molecular weight is 341 g/mol. The number of unbranched alkanes of at least 4 members (excludes halogenated alkanes) is 1. The highest BCUT2D eigenvalue weighted by Crippen LogP contribution is 2.14. The van der Waals surface area contributed by atoms with Gasteiger partial charge in [-0.25, -0.2) is 4.79 Å². The Bertz CT molecular complexity index is 683. The standard InChI is InChI=1S/C20H23NO4/c1-2-3-13-25-20(24)21-18(14-15-7-5-4-6-8-15)19(23)16-9-11-17(22)12-10-16/h4-12,18,22H,2-3,13-14H2,1H3,(H,21,24)/t18-/m0/s1. The maximum atomic E-state index is 12.8. The van der Waals surface area contributed by atoms with E-state index in [-0.39, 0.29) is 11.5 Å². The number of carbonyl (C=O) groups excluding carboxylic acids is 2. The molecule has 0 saturated carbocycles. The number of carbonyl (C=O) groups is 2. The van der Waals surface area contributed by atoms with Gasteiger partial charge >= 0.3 is 6.09 Å². The molecule has 0 aromatic heterocycles. The fourth-order valence-electron chi connectivity index (χ4n) is 2.38. The molecule has 0 unspecified atom stereocenters. The highest BCUT2D eigenvalue weighted by atomic mass is 16.5. The maximum Gasteiger partial charge on any atom is 0.407 e. The lowest BCUT2D eigenvalue weighted by Gasteiger charge is -2.18. The van der Waals surface area contributed by atoms with Crippen LogP contribution in [-0.4, -0.2) is 29.6 Å². The van der Waals surface area contributed by atoms with Crippen LogP contribution in [0.1, 0.15) is 35.7 Å². The van der Waals surface area contributed by atoms with E-state index in [2.05, 4.69) is 5.32 Å². The second kappa shape index (κ2) is 9.47. The molecule has 0 spiro atoms. The van der Waals surface area contributed by atoms with Gasteiger partial charge in [0.15, 0.2) is 5.78 Å². The molecule has 1 atom stereocenters. The number of phenols is 1. The van der Waals surface area contributed by atoms with E-state index >= 15 is 0 Å². The Kier molecular flexibility index (Phi) is 7.01. The van der Waals surface area contributed by atoms with Crippen LogP contribution in [0.4, 0.5) is 4.79 Å². The van der Waals surface area contributed by atoms with Crippen LogP contribution in [0.3, 0.4) is 0 Å². The third kappa shape index (κ3) is 5.95. The summed E-state index contributed by atoms with van der Waals surface area (Å²) in [5.41, 5.74) is 1.36. The Balaban J connectivity index is 2.11. The van der Waals surface area contributed by atoms with E-state index in [1.165, 1.54) is 12.1 Å². The number of hydrogen-bond acceptors (Lipinski definition) is 4. The van der Waals surface area contributed by atoms with Crippen LogP contribution >= 0.6 is 0 Å². The summed E-state index contributed by atoms with van der Waals surface area (Å²) >= 11 is 0. The largest absolute Gasteiger partial charge is 0.508 e. The van der Waals surface area contributed by atoms with Crippen LogP contribution in [-0.2, 0) is 11.2 Å². The maximum absolute atomic E-state index is 12.8. The molecule has 0 bridgehead atoms. The summed E-state index contributed by atoms with van der Waals surface area (Å²) in [5, 5.41) is 12.0. The number of amides is 1. The van der Waals surface area contributed by atoms with Crippen molar-refractivity contribution in [1.29, 1.82) is 0 Å². The molecule has 0 radical (unpaired) electrons. The molecule has 2 rings (SSSR count). The fraction of sp³-hybridized carbons (Fsp3) is 0.300. The van der Waals surface area contributed by atoms with Gasteiger partial charge in [-0.05, 0) is 36.2 Å².